The second-order valence-electron chi connectivity index (χ2n) is 8.95. The van der Waals surface area contributed by atoms with Gasteiger partial charge in [-0.3, -0.25) is 9.59 Å². The maximum absolute atomic E-state index is 13.3. The molecular formula is C29H27ClFNO5. The van der Waals surface area contributed by atoms with Crippen LogP contribution in [0.1, 0.15) is 36.6 Å². The van der Waals surface area contributed by atoms with Crippen LogP contribution in [0.3, 0.4) is 0 Å². The van der Waals surface area contributed by atoms with E-state index in [-0.39, 0.29) is 40.4 Å². The van der Waals surface area contributed by atoms with Crippen molar-refractivity contribution in [1.29, 1.82) is 0 Å². The van der Waals surface area contributed by atoms with Gasteiger partial charge in [0.15, 0.2) is 0 Å². The normalized spacial score (nSPS) is 16.9. The molecule has 1 unspecified atom stereocenters. The van der Waals surface area contributed by atoms with Crippen LogP contribution in [0, 0.1) is 5.82 Å². The molecule has 1 amide bonds. The molecule has 1 N–H and O–H groups in total. The predicted molar refractivity (Wildman–Crippen MR) is 139 cm³/mol. The van der Waals surface area contributed by atoms with Gasteiger partial charge in [0.2, 0.25) is 0 Å². The van der Waals surface area contributed by atoms with E-state index in [1.807, 2.05) is 13.8 Å². The molecule has 1 heterocycles. The Morgan fingerprint density at radius 1 is 1.05 bits per heavy atom. The van der Waals surface area contributed by atoms with Crippen molar-refractivity contribution in [3.8, 4) is 11.5 Å². The molecule has 0 radical (unpaired) electrons. The highest BCUT2D eigenvalue weighted by atomic mass is 35.5. The molecule has 0 bridgehead atoms. The lowest BCUT2D eigenvalue weighted by Crippen LogP contribution is -2.31. The third kappa shape index (κ3) is 5.62. The number of likely N-dealkylation sites (tertiary alicyclic amines) is 1. The van der Waals surface area contributed by atoms with Crippen molar-refractivity contribution < 1.29 is 28.6 Å². The van der Waals surface area contributed by atoms with E-state index in [1.165, 1.54) is 30.2 Å². The SMILES string of the molecule is COc1ccc(/C(O)=C2/C(=O)C(=O)N(CCc3ccc(F)cc3)C2c2ccc(OC(C)C)cc2)cc1Cl. The first kappa shape index (κ1) is 26.2. The van der Waals surface area contributed by atoms with E-state index in [4.69, 9.17) is 21.1 Å². The summed E-state index contributed by atoms with van der Waals surface area (Å²) in [5.74, 6) is -1.16. The molecule has 3 aromatic carbocycles. The summed E-state index contributed by atoms with van der Waals surface area (Å²) in [5, 5.41) is 11.5. The Labute approximate surface area is 219 Å². The molecule has 0 aromatic heterocycles. The van der Waals surface area contributed by atoms with Crippen molar-refractivity contribution >= 4 is 29.1 Å². The van der Waals surface area contributed by atoms with E-state index in [2.05, 4.69) is 0 Å². The average molecular weight is 524 g/mol. The van der Waals surface area contributed by atoms with Gasteiger partial charge in [-0.25, -0.2) is 4.39 Å². The Morgan fingerprint density at radius 3 is 2.32 bits per heavy atom. The van der Waals surface area contributed by atoms with E-state index < -0.39 is 17.7 Å². The highest BCUT2D eigenvalue weighted by Crippen LogP contribution is 2.40. The summed E-state index contributed by atoms with van der Waals surface area (Å²) in [5.41, 5.74) is 1.69. The standard InChI is InChI=1S/C29H27ClFNO5/c1-17(2)37-22-11-6-19(7-12-22)26-25(27(33)20-8-13-24(36-3)23(30)16-20)28(34)29(35)32(26)15-14-18-4-9-21(31)10-5-18/h4-13,16-17,26,33H,14-15H2,1-3H3/b27-25-. The molecule has 37 heavy (non-hydrogen) atoms. The molecule has 1 saturated heterocycles. The first-order valence-electron chi connectivity index (χ1n) is 11.8. The molecule has 3 aromatic rings. The topological polar surface area (TPSA) is 76.1 Å². The summed E-state index contributed by atoms with van der Waals surface area (Å²) in [6.45, 7) is 4.02. The number of ether oxygens (including phenoxy) is 2. The summed E-state index contributed by atoms with van der Waals surface area (Å²) in [6, 6.07) is 16.8. The Hall–Kier alpha value is -3.84. The summed E-state index contributed by atoms with van der Waals surface area (Å²) in [7, 11) is 1.47. The average Bonchev–Trinajstić information content (AvgIpc) is 3.13. The summed E-state index contributed by atoms with van der Waals surface area (Å²) >= 11 is 6.25. The number of carbonyl (C=O) groups excluding carboxylic acids is 2. The fraction of sp³-hybridized carbons (Fsp3) is 0.241. The highest BCUT2D eigenvalue weighted by Gasteiger charge is 2.45. The van der Waals surface area contributed by atoms with Crippen LogP contribution >= 0.6 is 11.6 Å². The van der Waals surface area contributed by atoms with Crippen LogP contribution in [0.2, 0.25) is 5.02 Å². The van der Waals surface area contributed by atoms with Crippen LogP contribution in [0.5, 0.6) is 11.5 Å². The third-order valence-electron chi connectivity index (χ3n) is 6.09. The summed E-state index contributed by atoms with van der Waals surface area (Å²) < 4.78 is 24.2. The minimum atomic E-state index is -0.838. The number of amides is 1. The molecule has 0 spiro atoms. The summed E-state index contributed by atoms with van der Waals surface area (Å²) in [4.78, 5) is 27.9. The second kappa shape index (κ2) is 11.0. The van der Waals surface area contributed by atoms with Crippen LogP contribution in [0.25, 0.3) is 5.76 Å². The fourth-order valence-electron chi connectivity index (χ4n) is 4.33. The zero-order valence-corrected chi connectivity index (χ0v) is 21.5. The quantitative estimate of drug-likeness (QED) is 0.225. The van der Waals surface area contributed by atoms with Crippen LogP contribution in [-0.2, 0) is 16.0 Å². The highest BCUT2D eigenvalue weighted by molar-refractivity contribution is 6.46. The zero-order valence-electron chi connectivity index (χ0n) is 20.7. The number of nitrogens with zero attached hydrogens (tertiary/aromatic N) is 1. The summed E-state index contributed by atoms with van der Waals surface area (Å²) in [6.07, 6.45) is 0.374. The molecular weight excluding hydrogens is 497 g/mol. The number of aliphatic hydroxyl groups excluding tert-OH is 1. The van der Waals surface area contributed by atoms with Crippen molar-refractivity contribution in [3.05, 3.63) is 99.8 Å². The molecule has 8 heteroatoms. The lowest BCUT2D eigenvalue weighted by atomic mass is 9.95. The first-order valence-corrected chi connectivity index (χ1v) is 12.2. The Morgan fingerprint density at radius 2 is 1.73 bits per heavy atom. The number of methoxy groups -OCH3 is 1. The van der Waals surface area contributed by atoms with Crippen LogP contribution in [-0.4, -0.2) is 41.5 Å². The number of rotatable bonds is 8. The van der Waals surface area contributed by atoms with Crippen molar-refractivity contribution in [2.45, 2.75) is 32.4 Å². The van der Waals surface area contributed by atoms with Crippen molar-refractivity contribution in [2.24, 2.45) is 0 Å². The number of aliphatic hydroxyl groups is 1. The molecule has 0 saturated carbocycles. The van der Waals surface area contributed by atoms with Crippen LogP contribution in [0.15, 0.2) is 72.3 Å². The Bertz CT molecular complexity index is 1340. The van der Waals surface area contributed by atoms with Gasteiger partial charge in [0, 0.05) is 12.1 Å². The van der Waals surface area contributed by atoms with Crippen LogP contribution < -0.4 is 9.47 Å². The van der Waals surface area contributed by atoms with Gasteiger partial charge in [0.05, 0.1) is 29.9 Å². The second-order valence-corrected chi connectivity index (χ2v) is 9.36. The van der Waals surface area contributed by atoms with Gasteiger partial charge in [0.25, 0.3) is 11.7 Å². The van der Waals surface area contributed by atoms with Gasteiger partial charge in [-0.15, -0.1) is 0 Å². The van der Waals surface area contributed by atoms with Crippen LogP contribution in [0.4, 0.5) is 4.39 Å². The Kier molecular flexibility index (Phi) is 7.83. The zero-order chi connectivity index (χ0) is 26.7. The monoisotopic (exact) mass is 523 g/mol. The fourth-order valence-corrected chi connectivity index (χ4v) is 4.59. The third-order valence-corrected chi connectivity index (χ3v) is 6.38. The lowest BCUT2D eigenvalue weighted by Gasteiger charge is -2.25. The first-order chi connectivity index (χ1) is 17.7. The minimum Gasteiger partial charge on any atom is -0.507 e. The maximum atomic E-state index is 13.3. The molecule has 1 aliphatic heterocycles. The smallest absolute Gasteiger partial charge is 0.295 e. The van der Waals surface area contributed by atoms with E-state index in [9.17, 15) is 19.1 Å². The molecule has 1 atom stereocenters. The van der Waals surface area contributed by atoms with Crippen molar-refractivity contribution in [2.75, 3.05) is 13.7 Å². The minimum absolute atomic E-state index is 0.0213. The van der Waals surface area contributed by atoms with Gasteiger partial charge >= 0.3 is 0 Å². The molecule has 1 aliphatic rings. The van der Waals surface area contributed by atoms with Gasteiger partial charge in [0.1, 0.15) is 23.1 Å². The number of carbonyl (C=O) groups is 2. The number of hydrogen-bond donors (Lipinski definition) is 1. The Balaban J connectivity index is 1.76. The number of Topliss-reactive ketones (excluding diaryl/α,β-unsaturated/α-hetero) is 1. The van der Waals surface area contributed by atoms with E-state index in [0.717, 1.165) is 5.56 Å². The molecule has 0 aliphatic carbocycles. The number of hydrogen-bond acceptors (Lipinski definition) is 5. The van der Waals surface area contributed by atoms with E-state index >= 15 is 0 Å². The lowest BCUT2D eigenvalue weighted by molar-refractivity contribution is -0.139. The van der Waals surface area contributed by atoms with Gasteiger partial charge < -0.3 is 19.5 Å². The number of halogens is 2. The molecule has 6 nitrogen and oxygen atoms in total. The van der Waals surface area contributed by atoms with Gasteiger partial charge in [-0.05, 0) is 73.9 Å². The predicted octanol–water partition coefficient (Wildman–Crippen LogP) is 5.94. The van der Waals surface area contributed by atoms with E-state index in [1.54, 1.807) is 48.5 Å². The van der Waals surface area contributed by atoms with E-state index in [0.29, 0.717) is 23.5 Å². The molecule has 4 rings (SSSR count). The maximum Gasteiger partial charge on any atom is 0.295 e. The van der Waals surface area contributed by atoms with Crippen molar-refractivity contribution in [3.63, 3.8) is 0 Å². The van der Waals surface area contributed by atoms with Gasteiger partial charge in [-0.2, -0.15) is 0 Å². The van der Waals surface area contributed by atoms with Gasteiger partial charge in [-0.1, -0.05) is 35.9 Å². The largest absolute Gasteiger partial charge is 0.507 e. The number of ketones is 1. The molecule has 1 fully saturated rings. The number of benzene rings is 3. The molecule has 192 valence electrons. The van der Waals surface area contributed by atoms with Crippen molar-refractivity contribution in [1.82, 2.24) is 4.90 Å².